The van der Waals surface area contributed by atoms with Crippen molar-refractivity contribution in [3.63, 3.8) is 0 Å². The molecule has 172 valence electrons. The van der Waals surface area contributed by atoms with Crippen molar-refractivity contribution >= 4 is 44.8 Å². The van der Waals surface area contributed by atoms with Gasteiger partial charge in [-0.3, -0.25) is 14.8 Å². The van der Waals surface area contributed by atoms with Gasteiger partial charge in [0, 0.05) is 76.6 Å². The van der Waals surface area contributed by atoms with Crippen LogP contribution in [0.25, 0.3) is 27.2 Å². The predicted molar refractivity (Wildman–Crippen MR) is 136 cm³/mol. The molecule has 2 aromatic heterocycles. The SMILES string of the molecule is CN=CC(=CN)c1cnc2ccc3ccc(C[S+]([O-])NCc4cccc[n+]4[O-])cc3c(=O)c2c1. The third-order valence-corrected chi connectivity index (χ3v) is 6.41. The van der Waals surface area contributed by atoms with Gasteiger partial charge in [0.1, 0.15) is 6.54 Å². The van der Waals surface area contributed by atoms with Crippen molar-refractivity contribution in [2.45, 2.75) is 12.3 Å². The Labute approximate surface area is 199 Å². The van der Waals surface area contributed by atoms with Crippen LogP contribution in [0.2, 0.25) is 0 Å². The van der Waals surface area contributed by atoms with E-state index in [4.69, 9.17) is 5.73 Å². The fraction of sp³-hybridized carbons (Fsp3) is 0.120. The summed E-state index contributed by atoms with van der Waals surface area (Å²) >= 11 is -1.43. The van der Waals surface area contributed by atoms with Crippen LogP contribution in [-0.2, 0) is 23.7 Å². The molecule has 0 radical (unpaired) electrons. The minimum Gasteiger partial charge on any atom is -0.618 e. The monoisotopic (exact) mass is 473 g/mol. The molecule has 0 aliphatic heterocycles. The lowest BCUT2D eigenvalue weighted by atomic mass is 10.1. The van der Waals surface area contributed by atoms with Crippen molar-refractivity contribution in [2.24, 2.45) is 10.7 Å². The van der Waals surface area contributed by atoms with E-state index < -0.39 is 11.4 Å². The number of benzene rings is 1. The number of hydrogen-bond donors (Lipinski definition) is 2. The summed E-state index contributed by atoms with van der Waals surface area (Å²) in [5, 5.41) is 13.5. The minimum absolute atomic E-state index is 0.170. The summed E-state index contributed by atoms with van der Waals surface area (Å²) in [7, 11) is 1.64. The van der Waals surface area contributed by atoms with Crippen LogP contribution in [0.1, 0.15) is 16.8 Å². The lowest BCUT2D eigenvalue weighted by Crippen LogP contribution is -2.36. The van der Waals surface area contributed by atoms with Gasteiger partial charge in [0.25, 0.3) is 0 Å². The van der Waals surface area contributed by atoms with Gasteiger partial charge in [-0.25, -0.2) is 0 Å². The van der Waals surface area contributed by atoms with E-state index in [0.717, 1.165) is 15.7 Å². The van der Waals surface area contributed by atoms with E-state index >= 15 is 0 Å². The van der Waals surface area contributed by atoms with Gasteiger partial charge in [-0.05, 0) is 29.7 Å². The number of nitrogens with two attached hydrogens (primary N) is 1. The van der Waals surface area contributed by atoms with Crippen molar-refractivity contribution < 1.29 is 9.28 Å². The Morgan fingerprint density at radius 3 is 2.79 bits per heavy atom. The molecule has 0 spiro atoms. The van der Waals surface area contributed by atoms with Gasteiger partial charge in [-0.2, -0.15) is 4.73 Å². The molecule has 3 N–H and O–H groups in total. The molecule has 34 heavy (non-hydrogen) atoms. The van der Waals surface area contributed by atoms with Crippen LogP contribution in [0.3, 0.4) is 0 Å². The molecule has 2 aromatic carbocycles. The third kappa shape index (κ3) is 5.07. The van der Waals surface area contributed by atoms with Crippen molar-refractivity contribution in [2.75, 3.05) is 7.05 Å². The van der Waals surface area contributed by atoms with Gasteiger partial charge in [-0.1, -0.05) is 18.2 Å². The number of hydrogen-bond acceptors (Lipinski definition) is 7. The normalized spacial score (nSPS) is 13.1. The first-order valence-electron chi connectivity index (χ1n) is 10.5. The summed E-state index contributed by atoms with van der Waals surface area (Å²) in [6.07, 6.45) is 6.08. The van der Waals surface area contributed by atoms with Gasteiger partial charge >= 0.3 is 0 Å². The molecule has 9 heteroatoms. The zero-order valence-corrected chi connectivity index (χ0v) is 19.3. The quantitative estimate of drug-likeness (QED) is 0.183. The average Bonchev–Trinajstić information content (AvgIpc) is 2.98. The molecule has 0 bridgehead atoms. The number of nitrogens with one attached hydrogen (secondary N) is 1. The van der Waals surface area contributed by atoms with Gasteiger partial charge < -0.3 is 15.5 Å². The predicted octanol–water partition coefficient (Wildman–Crippen LogP) is 2.34. The fourth-order valence-corrected chi connectivity index (χ4v) is 4.50. The van der Waals surface area contributed by atoms with Crippen LogP contribution in [0.5, 0.6) is 0 Å². The van der Waals surface area contributed by atoms with Crippen LogP contribution in [0.4, 0.5) is 0 Å². The molecule has 0 fully saturated rings. The summed E-state index contributed by atoms with van der Waals surface area (Å²) < 4.78 is 16.2. The molecular weight excluding hydrogens is 450 g/mol. The molecule has 0 aliphatic carbocycles. The average molecular weight is 474 g/mol. The molecule has 0 saturated carbocycles. The van der Waals surface area contributed by atoms with E-state index in [1.54, 1.807) is 55.9 Å². The Morgan fingerprint density at radius 1 is 1.21 bits per heavy atom. The van der Waals surface area contributed by atoms with Gasteiger partial charge in [0.2, 0.25) is 5.69 Å². The maximum atomic E-state index is 13.4. The highest BCUT2D eigenvalue weighted by Gasteiger charge is 2.13. The second kappa shape index (κ2) is 10.4. The second-order valence-corrected chi connectivity index (χ2v) is 8.85. The zero-order chi connectivity index (χ0) is 24.1. The van der Waals surface area contributed by atoms with Gasteiger partial charge in [0.05, 0.1) is 5.52 Å². The fourth-order valence-electron chi connectivity index (χ4n) is 3.61. The zero-order valence-electron chi connectivity index (χ0n) is 18.5. The van der Waals surface area contributed by atoms with E-state index in [0.29, 0.717) is 33.1 Å². The standard InChI is InChI=1S/C25H23N5O3S/c1-27-13-20(12-26)19-11-23-24(28-14-19)8-7-18-6-5-17(10-22(18)25(23)31)16-34(33)29-15-21-4-2-3-9-30(21)32/h2-14,29H,15-16,26H2,1H3. The first-order valence-corrected chi connectivity index (χ1v) is 11.8. The van der Waals surface area contributed by atoms with E-state index in [1.807, 2.05) is 18.2 Å². The molecule has 1 unspecified atom stereocenters. The summed E-state index contributed by atoms with van der Waals surface area (Å²) in [6, 6.07) is 15.9. The van der Waals surface area contributed by atoms with Gasteiger partial charge in [-0.15, -0.1) is 4.72 Å². The first-order chi connectivity index (χ1) is 16.5. The number of aliphatic imine (C=N–C) groups is 1. The number of pyridine rings is 2. The molecule has 4 aromatic rings. The van der Waals surface area contributed by atoms with Crippen LogP contribution in [0.15, 0.2) is 83.0 Å². The summed E-state index contributed by atoms with van der Waals surface area (Å²) in [5.41, 5.74) is 8.66. The molecule has 4 rings (SSSR count). The minimum atomic E-state index is -1.43. The summed E-state index contributed by atoms with van der Waals surface area (Å²) in [5.74, 6) is 0.189. The highest BCUT2D eigenvalue weighted by atomic mass is 32.2. The van der Waals surface area contributed by atoms with Crippen molar-refractivity contribution in [1.82, 2.24) is 9.71 Å². The highest BCUT2D eigenvalue weighted by molar-refractivity contribution is 7.88. The molecule has 8 nitrogen and oxygen atoms in total. The molecular formula is C25H23N5O3S. The van der Waals surface area contributed by atoms with Crippen LogP contribution in [-0.4, -0.2) is 22.8 Å². The van der Waals surface area contributed by atoms with Crippen molar-refractivity contribution in [1.29, 1.82) is 0 Å². The third-order valence-electron chi connectivity index (χ3n) is 5.34. The lowest BCUT2D eigenvalue weighted by molar-refractivity contribution is -0.614. The Kier molecular flexibility index (Phi) is 7.17. The molecule has 0 saturated heterocycles. The first kappa shape index (κ1) is 23.4. The number of allylic oxidation sites excluding steroid dienone is 1. The number of aromatic nitrogens is 2. The summed E-state index contributed by atoms with van der Waals surface area (Å²) in [6.45, 7) is 0.170. The van der Waals surface area contributed by atoms with E-state index in [2.05, 4.69) is 14.7 Å². The lowest BCUT2D eigenvalue weighted by Gasteiger charge is -2.11. The van der Waals surface area contributed by atoms with E-state index in [1.165, 1.54) is 12.4 Å². The Hall–Kier alpha value is -3.79. The molecule has 0 aliphatic rings. The molecule has 2 heterocycles. The molecule has 1 atom stereocenters. The topological polar surface area (TPSA) is 130 Å². The van der Waals surface area contributed by atoms with Crippen LogP contribution >= 0.6 is 0 Å². The maximum absolute atomic E-state index is 13.4. The number of nitrogens with zero attached hydrogens (tertiary/aromatic N) is 3. The number of fused-ring (bicyclic) bond motifs is 2. The van der Waals surface area contributed by atoms with Crippen LogP contribution < -0.4 is 20.6 Å². The van der Waals surface area contributed by atoms with E-state index in [-0.39, 0.29) is 17.7 Å². The van der Waals surface area contributed by atoms with Crippen LogP contribution in [0, 0.1) is 5.21 Å². The Balaban J connectivity index is 1.66. The largest absolute Gasteiger partial charge is 0.618 e. The highest BCUT2D eigenvalue weighted by Crippen LogP contribution is 2.20. The summed E-state index contributed by atoms with van der Waals surface area (Å²) in [4.78, 5) is 21.9. The second-order valence-electron chi connectivity index (χ2n) is 7.58. The smallest absolute Gasteiger partial charge is 0.211 e. The Morgan fingerprint density at radius 2 is 2.03 bits per heavy atom. The van der Waals surface area contributed by atoms with E-state index in [9.17, 15) is 14.6 Å². The maximum Gasteiger partial charge on any atom is 0.211 e. The number of rotatable bonds is 7. The Bertz CT molecular complexity index is 1470. The van der Waals surface area contributed by atoms with Crippen molar-refractivity contribution in [3.05, 3.63) is 105 Å². The van der Waals surface area contributed by atoms with Gasteiger partial charge in [0.15, 0.2) is 17.4 Å². The van der Waals surface area contributed by atoms with Crippen molar-refractivity contribution in [3.8, 4) is 0 Å². The molecule has 0 amide bonds.